The number of nitrogens with one attached hydrogen (secondary N) is 1. The van der Waals surface area contributed by atoms with Gasteiger partial charge in [-0.3, -0.25) is 4.79 Å². The van der Waals surface area contributed by atoms with Gasteiger partial charge in [-0.2, -0.15) is 0 Å². The zero-order valence-corrected chi connectivity index (χ0v) is 11.8. The highest BCUT2D eigenvalue weighted by Gasteiger charge is 2.30. The van der Waals surface area contributed by atoms with Crippen LogP contribution >= 0.6 is 0 Å². The first kappa shape index (κ1) is 14.5. The Morgan fingerprint density at radius 2 is 2.35 bits per heavy atom. The molecule has 1 aromatic heterocycles. The minimum atomic E-state index is -0.474. The summed E-state index contributed by atoms with van der Waals surface area (Å²) in [7, 11) is 1.56. The summed E-state index contributed by atoms with van der Waals surface area (Å²) >= 11 is 0. The number of hydrogen-bond acceptors (Lipinski definition) is 4. The Kier molecular flexibility index (Phi) is 4.39. The molecule has 0 saturated carbocycles. The number of hydrogen-bond donors (Lipinski definition) is 1. The molecule has 0 aromatic carbocycles. The van der Waals surface area contributed by atoms with Crippen molar-refractivity contribution in [1.82, 2.24) is 14.8 Å². The summed E-state index contributed by atoms with van der Waals surface area (Å²) in [4.78, 5) is 24.9. The lowest BCUT2D eigenvalue weighted by atomic mass is 10.2. The van der Waals surface area contributed by atoms with Gasteiger partial charge in [0, 0.05) is 25.2 Å². The Bertz CT molecular complexity index is 506. The Morgan fingerprint density at radius 3 is 2.85 bits per heavy atom. The van der Waals surface area contributed by atoms with E-state index >= 15 is 0 Å². The molecule has 1 amide bonds. The van der Waals surface area contributed by atoms with Crippen molar-refractivity contribution in [3.63, 3.8) is 0 Å². The highest BCUT2D eigenvalue weighted by atomic mass is 16.6. The van der Waals surface area contributed by atoms with Gasteiger partial charge in [-0.15, -0.1) is 0 Å². The fraction of sp³-hybridized carbons (Fsp3) is 0.615. The van der Waals surface area contributed by atoms with E-state index in [2.05, 4.69) is 5.32 Å². The lowest BCUT2D eigenvalue weighted by Crippen LogP contribution is -2.42. The first-order valence-corrected chi connectivity index (χ1v) is 6.88. The highest BCUT2D eigenvalue weighted by Crippen LogP contribution is 2.19. The molecule has 20 heavy (non-hydrogen) atoms. The molecule has 1 unspecified atom stereocenters. The molecule has 110 valence electrons. The summed E-state index contributed by atoms with van der Waals surface area (Å²) in [6.07, 6.45) is 1.80. The molecule has 7 heteroatoms. The molecule has 0 bridgehead atoms. The maximum absolute atomic E-state index is 12.6. The molecule has 0 aliphatic carbocycles. The number of rotatable bonds is 5. The fourth-order valence-corrected chi connectivity index (χ4v) is 2.64. The Morgan fingerprint density at radius 1 is 1.60 bits per heavy atom. The number of carbonyl (C=O) groups is 1. The third-order valence-corrected chi connectivity index (χ3v) is 3.70. The standard InChI is InChI=1S/C13H20N4O3/c1-3-8-16(10-6-7-14-9-10)13(18)11-4-5-12(15(11)2)17(19)20/h4-5,10,14H,3,6-9H2,1-2H3. The van der Waals surface area contributed by atoms with Gasteiger partial charge < -0.3 is 20.3 Å². The second-order valence-electron chi connectivity index (χ2n) is 5.04. The molecule has 0 radical (unpaired) electrons. The van der Waals surface area contributed by atoms with Gasteiger partial charge in [0.2, 0.25) is 0 Å². The van der Waals surface area contributed by atoms with E-state index in [9.17, 15) is 14.9 Å². The van der Waals surface area contributed by atoms with Crippen molar-refractivity contribution in [2.75, 3.05) is 19.6 Å². The molecule has 1 saturated heterocycles. The molecular formula is C13H20N4O3. The number of nitrogens with zero attached hydrogens (tertiary/aromatic N) is 3. The summed E-state index contributed by atoms with van der Waals surface area (Å²) in [5, 5.41) is 14.1. The van der Waals surface area contributed by atoms with E-state index in [0.717, 1.165) is 25.9 Å². The van der Waals surface area contributed by atoms with Gasteiger partial charge in [0.25, 0.3) is 5.91 Å². The largest absolute Gasteiger partial charge is 0.358 e. The van der Waals surface area contributed by atoms with Crippen LogP contribution in [0.4, 0.5) is 5.82 Å². The third kappa shape index (κ3) is 2.67. The average molecular weight is 280 g/mol. The maximum atomic E-state index is 12.6. The van der Waals surface area contributed by atoms with E-state index in [-0.39, 0.29) is 17.8 Å². The second-order valence-corrected chi connectivity index (χ2v) is 5.04. The molecule has 0 spiro atoms. The SMILES string of the molecule is CCCN(C(=O)c1ccc([N+](=O)[O-])n1C)C1CCNC1. The molecule has 1 aliphatic heterocycles. The van der Waals surface area contributed by atoms with E-state index in [0.29, 0.717) is 12.2 Å². The molecule has 1 fully saturated rings. The van der Waals surface area contributed by atoms with Crippen LogP contribution in [0, 0.1) is 10.1 Å². The van der Waals surface area contributed by atoms with Crippen molar-refractivity contribution in [2.24, 2.45) is 7.05 Å². The van der Waals surface area contributed by atoms with Crippen molar-refractivity contribution in [2.45, 2.75) is 25.8 Å². The molecular weight excluding hydrogens is 260 g/mol. The molecule has 1 aliphatic rings. The first-order chi connectivity index (χ1) is 9.56. The quantitative estimate of drug-likeness (QED) is 0.648. The van der Waals surface area contributed by atoms with Crippen LogP contribution in [-0.2, 0) is 7.05 Å². The monoisotopic (exact) mass is 280 g/mol. The first-order valence-electron chi connectivity index (χ1n) is 6.88. The van der Waals surface area contributed by atoms with Crippen LogP contribution < -0.4 is 5.32 Å². The average Bonchev–Trinajstić information content (AvgIpc) is 3.04. The summed E-state index contributed by atoms with van der Waals surface area (Å²) in [5.41, 5.74) is 0.372. The molecule has 1 aromatic rings. The smallest absolute Gasteiger partial charge is 0.323 e. The third-order valence-electron chi connectivity index (χ3n) is 3.70. The minimum Gasteiger partial charge on any atom is -0.358 e. The van der Waals surface area contributed by atoms with Gasteiger partial charge >= 0.3 is 5.82 Å². The van der Waals surface area contributed by atoms with Crippen molar-refractivity contribution in [3.05, 3.63) is 27.9 Å². The number of nitro groups is 1. The molecule has 1 atom stereocenters. The fourth-order valence-electron chi connectivity index (χ4n) is 2.64. The number of amides is 1. The summed E-state index contributed by atoms with van der Waals surface area (Å²) in [6, 6.07) is 3.09. The molecule has 2 rings (SSSR count). The van der Waals surface area contributed by atoms with Gasteiger partial charge in [0.1, 0.15) is 0 Å². The lowest BCUT2D eigenvalue weighted by molar-refractivity contribution is -0.391. The van der Waals surface area contributed by atoms with Gasteiger partial charge in [-0.25, -0.2) is 4.57 Å². The maximum Gasteiger partial charge on any atom is 0.323 e. The van der Waals surface area contributed by atoms with Gasteiger partial charge in [-0.1, -0.05) is 6.92 Å². The normalized spacial score (nSPS) is 18.2. The van der Waals surface area contributed by atoms with Crippen LogP contribution in [0.5, 0.6) is 0 Å². The van der Waals surface area contributed by atoms with Crippen LogP contribution in [0.15, 0.2) is 12.1 Å². The predicted octanol–water partition coefficient (Wildman–Crippen LogP) is 1.15. The molecule has 2 heterocycles. The van der Waals surface area contributed by atoms with Gasteiger partial charge in [-0.05, 0) is 30.4 Å². The Balaban J connectivity index is 2.25. The van der Waals surface area contributed by atoms with Crippen LogP contribution in [0.25, 0.3) is 0 Å². The van der Waals surface area contributed by atoms with Crippen molar-refractivity contribution in [3.8, 4) is 0 Å². The molecule has 1 N–H and O–H groups in total. The van der Waals surface area contributed by atoms with Crippen LogP contribution in [0.2, 0.25) is 0 Å². The number of aromatic nitrogens is 1. The van der Waals surface area contributed by atoms with Crippen LogP contribution in [0.1, 0.15) is 30.3 Å². The second kappa shape index (κ2) is 6.04. The van der Waals surface area contributed by atoms with E-state index in [4.69, 9.17) is 0 Å². The minimum absolute atomic E-state index is 0.0608. The van der Waals surface area contributed by atoms with Crippen LogP contribution in [-0.4, -0.2) is 46.0 Å². The van der Waals surface area contributed by atoms with E-state index in [1.54, 1.807) is 7.05 Å². The Labute approximate surface area is 117 Å². The Hall–Kier alpha value is -1.89. The summed E-state index contributed by atoms with van der Waals surface area (Å²) in [6.45, 7) is 4.39. The summed E-state index contributed by atoms with van der Waals surface area (Å²) in [5.74, 6) is -0.189. The zero-order valence-electron chi connectivity index (χ0n) is 11.8. The topological polar surface area (TPSA) is 80.4 Å². The van der Waals surface area contributed by atoms with Gasteiger partial charge in [0.05, 0.1) is 7.05 Å². The van der Waals surface area contributed by atoms with Crippen molar-refractivity contribution >= 4 is 11.7 Å². The molecule has 7 nitrogen and oxygen atoms in total. The lowest BCUT2D eigenvalue weighted by Gasteiger charge is -2.27. The summed E-state index contributed by atoms with van der Waals surface area (Å²) < 4.78 is 1.35. The van der Waals surface area contributed by atoms with Crippen molar-refractivity contribution < 1.29 is 9.72 Å². The van der Waals surface area contributed by atoms with E-state index in [1.165, 1.54) is 16.7 Å². The van der Waals surface area contributed by atoms with Crippen molar-refractivity contribution in [1.29, 1.82) is 0 Å². The highest BCUT2D eigenvalue weighted by molar-refractivity contribution is 5.93. The van der Waals surface area contributed by atoms with Crippen LogP contribution in [0.3, 0.4) is 0 Å². The predicted molar refractivity (Wildman–Crippen MR) is 74.7 cm³/mol. The zero-order chi connectivity index (χ0) is 14.7. The van der Waals surface area contributed by atoms with Gasteiger partial charge in [0.15, 0.2) is 5.69 Å². The number of carbonyl (C=O) groups excluding carboxylic acids is 1. The van der Waals surface area contributed by atoms with E-state index < -0.39 is 4.92 Å². The van der Waals surface area contributed by atoms with E-state index in [1.807, 2.05) is 11.8 Å².